The van der Waals surface area contributed by atoms with Gasteiger partial charge in [0.05, 0.1) is 41.1 Å². The lowest BCUT2D eigenvalue weighted by Crippen LogP contribution is -2.20. The van der Waals surface area contributed by atoms with E-state index in [1.165, 1.54) is 49.4 Å². The number of H-pyrrole nitrogens is 1. The van der Waals surface area contributed by atoms with Crippen molar-refractivity contribution in [3.8, 4) is 11.4 Å². The maximum absolute atomic E-state index is 13.2. The number of aromatic amines is 1. The molecule has 0 aliphatic carbocycles. The molecule has 0 aliphatic heterocycles. The van der Waals surface area contributed by atoms with Crippen LogP contribution in [0.15, 0.2) is 58.3 Å². The lowest BCUT2D eigenvalue weighted by atomic mass is 10.1. The third-order valence-electron chi connectivity index (χ3n) is 4.57. The molecule has 0 radical (unpaired) electrons. The van der Waals surface area contributed by atoms with E-state index in [0.717, 1.165) is 17.9 Å². The summed E-state index contributed by atoms with van der Waals surface area (Å²) in [4.78, 5) is 39.5. The first-order valence-electron chi connectivity index (χ1n) is 9.56. The third kappa shape index (κ3) is 5.49. The Hall–Kier alpha value is -4.42. The Balaban J connectivity index is 2.12. The van der Waals surface area contributed by atoms with Crippen molar-refractivity contribution in [2.45, 2.75) is 19.7 Å². The molecule has 0 atom stereocenters. The largest absolute Gasteiger partial charge is 0.573 e. The van der Waals surface area contributed by atoms with Gasteiger partial charge < -0.3 is 9.47 Å². The first-order chi connectivity index (χ1) is 16.0. The van der Waals surface area contributed by atoms with Crippen molar-refractivity contribution in [1.82, 2.24) is 9.78 Å². The highest BCUT2D eigenvalue weighted by Gasteiger charge is 2.32. The fourth-order valence-corrected chi connectivity index (χ4v) is 3.10. The zero-order chi connectivity index (χ0) is 25.0. The number of non-ortho nitro benzene ring substituents is 1. The van der Waals surface area contributed by atoms with Crippen LogP contribution in [-0.2, 0) is 16.0 Å². The van der Waals surface area contributed by atoms with Gasteiger partial charge in [0.2, 0.25) is 0 Å². The average molecular weight is 478 g/mol. The number of ether oxygens (including phenoxy) is 2. The highest BCUT2D eigenvalue weighted by atomic mass is 19.4. The van der Waals surface area contributed by atoms with Gasteiger partial charge >= 0.3 is 12.3 Å². The summed E-state index contributed by atoms with van der Waals surface area (Å²) in [5, 5.41) is 13.6. The number of nitro benzene ring substituents is 1. The van der Waals surface area contributed by atoms with Crippen LogP contribution in [0.3, 0.4) is 0 Å². The van der Waals surface area contributed by atoms with E-state index < -0.39 is 28.6 Å². The average Bonchev–Trinajstić information content (AvgIpc) is 3.09. The number of hydrogen-bond donors (Lipinski definition) is 1. The monoisotopic (exact) mass is 478 g/mol. The number of carbonyl (C=O) groups excluding carboxylic acids is 1. The molecule has 1 aromatic heterocycles. The normalized spacial score (nSPS) is 11.9. The molecule has 0 saturated carbocycles. The quantitative estimate of drug-likeness (QED) is 0.238. The minimum atomic E-state index is -4.95. The first kappa shape index (κ1) is 24.2. The second-order valence-corrected chi connectivity index (χ2v) is 6.85. The summed E-state index contributed by atoms with van der Waals surface area (Å²) in [6.07, 6.45) is -5.32. The Morgan fingerprint density at radius 1 is 1.18 bits per heavy atom. The third-order valence-corrected chi connectivity index (χ3v) is 4.57. The van der Waals surface area contributed by atoms with Gasteiger partial charge in [-0.15, -0.1) is 13.2 Å². The number of aliphatic imine (C=N–C) groups is 1. The number of alkyl halides is 3. The summed E-state index contributed by atoms with van der Waals surface area (Å²) in [5.41, 5.74) is -0.832. The van der Waals surface area contributed by atoms with Gasteiger partial charge in [0, 0.05) is 12.1 Å². The van der Waals surface area contributed by atoms with Crippen LogP contribution in [0.5, 0.6) is 5.75 Å². The Morgan fingerprint density at radius 3 is 2.41 bits per heavy atom. The van der Waals surface area contributed by atoms with E-state index in [0.29, 0.717) is 0 Å². The number of hydrogen-bond acceptors (Lipinski definition) is 7. The molecule has 0 amide bonds. The van der Waals surface area contributed by atoms with Gasteiger partial charge in [-0.3, -0.25) is 24.8 Å². The summed E-state index contributed by atoms with van der Waals surface area (Å²) in [5.74, 6) is -1.26. The Morgan fingerprint density at radius 2 is 1.82 bits per heavy atom. The van der Waals surface area contributed by atoms with Gasteiger partial charge in [-0.1, -0.05) is 12.1 Å². The van der Waals surface area contributed by atoms with Crippen molar-refractivity contribution >= 4 is 23.1 Å². The number of benzene rings is 2. The number of esters is 1. The highest BCUT2D eigenvalue weighted by molar-refractivity contribution is 6.02. The zero-order valence-electron chi connectivity index (χ0n) is 17.8. The number of rotatable bonds is 7. The molecule has 0 bridgehead atoms. The van der Waals surface area contributed by atoms with E-state index >= 15 is 0 Å². The lowest BCUT2D eigenvalue weighted by molar-refractivity contribution is -0.384. The van der Waals surface area contributed by atoms with Gasteiger partial charge in [0.1, 0.15) is 5.69 Å². The predicted octanol–water partition coefficient (Wildman–Crippen LogP) is 3.83. The number of methoxy groups -OCH3 is 1. The summed E-state index contributed by atoms with van der Waals surface area (Å²) in [7, 11) is 1.15. The van der Waals surface area contributed by atoms with Crippen LogP contribution >= 0.6 is 0 Å². The summed E-state index contributed by atoms with van der Waals surface area (Å²) in [6.45, 7) is 1.38. The molecule has 1 N–H and O–H groups in total. The van der Waals surface area contributed by atoms with Crippen molar-refractivity contribution < 1.29 is 32.4 Å². The number of nitrogens with zero attached hydrogens (tertiary/aromatic N) is 3. The van der Waals surface area contributed by atoms with Crippen LogP contribution in [0, 0.1) is 10.1 Å². The predicted molar refractivity (Wildman–Crippen MR) is 114 cm³/mol. The smallest absolute Gasteiger partial charge is 0.469 e. The number of carbonyl (C=O) groups is 1. The van der Waals surface area contributed by atoms with Gasteiger partial charge in [-0.2, -0.15) is 0 Å². The van der Waals surface area contributed by atoms with Crippen molar-refractivity contribution in [1.29, 1.82) is 0 Å². The summed E-state index contributed by atoms with van der Waals surface area (Å²) >= 11 is 0. The highest BCUT2D eigenvalue weighted by Crippen LogP contribution is 2.32. The van der Waals surface area contributed by atoms with E-state index in [1.807, 2.05) is 0 Å². The Kier molecular flexibility index (Phi) is 6.84. The molecule has 178 valence electrons. The van der Waals surface area contributed by atoms with Crippen molar-refractivity contribution in [2.75, 3.05) is 7.11 Å². The molecule has 0 spiro atoms. The van der Waals surface area contributed by atoms with Crippen LogP contribution in [0.4, 0.5) is 24.5 Å². The van der Waals surface area contributed by atoms with Crippen LogP contribution in [0.1, 0.15) is 18.2 Å². The number of para-hydroxylation sites is 2. The molecule has 0 aliphatic rings. The van der Waals surface area contributed by atoms with Crippen molar-refractivity contribution in [2.24, 2.45) is 4.99 Å². The Bertz CT molecular complexity index is 1310. The topological polar surface area (TPSA) is 129 Å². The molecular weight excluding hydrogens is 461 g/mol. The first-order valence-corrected chi connectivity index (χ1v) is 9.56. The zero-order valence-corrected chi connectivity index (χ0v) is 17.8. The van der Waals surface area contributed by atoms with Gasteiger partial charge in [-0.25, -0.2) is 9.67 Å². The molecule has 34 heavy (non-hydrogen) atoms. The SMILES string of the molecule is COC(=O)Cc1[nH]n(-c2ccc([N+](=O)[O-])cc2)c(=O)c1C(C)=Nc1ccccc1OC(F)(F)F. The van der Waals surface area contributed by atoms with Crippen molar-refractivity contribution in [3.05, 3.63) is 80.3 Å². The number of halogens is 3. The fraction of sp³-hybridized carbons (Fsp3) is 0.190. The van der Waals surface area contributed by atoms with Crippen LogP contribution in [-0.4, -0.2) is 39.9 Å². The maximum Gasteiger partial charge on any atom is 0.573 e. The summed E-state index contributed by atoms with van der Waals surface area (Å²) < 4.78 is 47.9. The van der Waals surface area contributed by atoms with E-state index in [2.05, 4.69) is 19.6 Å². The number of nitro groups is 1. The van der Waals surface area contributed by atoms with Gasteiger partial charge in [-0.05, 0) is 31.2 Å². The molecule has 0 unspecified atom stereocenters. The van der Waals surface area contributed by atoms with E-state index in [-0.39, 0.29) is 40.5 Å². The van der Waals surface area contributed by atoms with Gasteiger partial charge in [0.15, 0.2) is 5.75 Å². The molecule has 13 heteroatoms. The summed E-state index contributed by atoms with van der Waals surface area (Å²) in [6, 6.07) is 10.1. The van der Waals surface area contributed by atoms with Crippen LogP contribution in [0.2, 0.25) is 0 Å². The molecule has 3 rings (SSSR count). The van der Waals surface area contributed by atoms with Crippen LogP contribution in [0.25, 0.3) is 5.69 Å². The molecule has 3 aromatic rings. The number of aromatic nitrogens is 2. The Labute approximate surface area is 189 Å². The van der Waals surface area contributed by atoms with Crippen LogP contribution < -0.4 is 10.3 Å². The second-order valence-electron chi connectivity index (χ2n) is 6.85. The standard InChI is InChI=1S/C21H17F3N4O6/c1-12(25-15-5-3-4-6-17(15)34-21(22,23)24)19-16(11-18(29)33-2)26-27(20(19)30)13-7-9-14(10-8-13)28(31)32/h3-10,26H,11H2,1-2H3. The molecule has 0 fully saturated rings. The molecule has 1 heterocycles. The lowest BCUT2D eigenvalue weighted by Gasteiger charge is -2.11. The minimum Gasteiger partial charge on any atom is -0.469 e. The van der Waals surface area contributed by atoms with E-state index in [1.54, 1.807) is 0 Å². The molecule has 2 aromatic carbocycles. The van der Waals surface area contributed by atoms with E-state index in [4.69, 9.17) is 0 Å². The maximum atomic E-state index is 13.2. The molecule has 0 saturated heterocycles. The number of nitrogens with one attached hydrogen (secondary N) is 1. The molecule has 10 nitrogen and oxygen atoms in total. The second kappa shape index (κ2) is 9.60. The minimum absolute atomic E-state index is 0.000890. The van der Waals surface area contributed by atoms with Gasteiger partial charge in [0.25, 0.3) is 11.2 Å². The fourth-order valence-electron chi connectivity index (χ4n) is 3.10. The molecular formula is C21H17F3N4O6. The van der Waals surface area contributed by atoms with E-state index in [9.17, 15) is 32.9 Å². The van der Waals surface area contributed by atoms with Crippen molar-refractivity contribution in [3.63, 3.8) is 0 Å².